The maximum absolute atomic E-state index is 13.7. The van der Waals surface area contributed by atoms with Gasteiger partial charge in [-0.1, -0.05) is 170 Å². The maximum Gasteiger partial charge on any atom is 0.416 e. The second kappa shape index (κ2) is 13.8. The average Bonchev–Trinajstić information content (AvgIpc) is 3.67. The molecule has 0 unspecified atom stereocenters. The van der Waals surface area contributed by atoms with Gasteiger partial charge in [0.15, 0.2) is 0 Å². The fourth-order valence-corrected chi connectivity index (χ4v) is 8.21. The Morgan fingerprint density at radius 3 is 1.44 bits per heavy atom. The molecule has 9 aromatic carbocycles. The molecule has 10 aromatic rings. The van der Waals surface area contributed by atoms with Gasteiger partial charge in [0.2, 0.25) is 0 Å². The van der Waals surface area contributed by atoms with Crippen LogP contribution in [0.2, 0.25) is 0 Å². The van der Waals surface area contributed by atoms with Crippen molar-refractivity contribution in [1.29, 1.82) is 0 Å². The third-order valence-corrected chi connectivity index (χ3v) is 10.8. The van der Waals surface area contributed by atoms with Gasteiger partial charge in [0.1, 0.15) is 5.82 Å². The van der Waals surface area contributed by atoms with Crippen LogP contribution in [0.5, 0.6) is 0 Å². The van der Waals surface area contributed by atoms with Gasteiger partial charge in [-0.05, 0) is 84.9 Å². The third-order valence-electron chi connectivity index (χ3n) is 10.8. The van der Waals surface area contributed by atoms with Gasteiger partial charge in [-0.2, -0.15) is 13.2 Å². The number of alkyl halides is 3. The van der Waals surface area contributed by atoms with Crippen LogP contribution in [0.15, 0.2) is 200 Å². The van der Waals surface area contributed by atoms with Gasteiger partial charge in [0.25, 0.3) is 0 Å². The van der Waals surface area contributed by atoms with Crippen molar-refractivity contribution in [3.63, 3.8) is 0 Å². The smallest absolute Gasteiger partial charge is 0.292 e. The number of imidazole rings is 1. The molecule has 0 atom stereocenters. The highest BCUT2D eigenvalue weighted by Crippen LogP contribution is 2.45. The van der Waals surface area contributed by atoms with Crippen LogP contribution < -0.4 is 0 Å². The number of aromatic nitrogens is 2. The SMILES string of the molecule is FC(F)(F)c1ccc(-c2nc(-c3ccccc3)c(-c3ccccc3)n2-c2ccc(-c3c4ccccc4c(-c4ccc5ccccc5c4)c4ccccc34)cc2)cc1. The van der Waals surface area contributed by atoms with Crippen LogP contribution in [0.25, 0.3) is 94.2 Å². The molecule has 2 nitrogen and oxygen atoms in total. The molecule has 0 bridgehead atoms. The lowest BCUT2D eigenvalue weighted by atomic mass is 9.85. The van der Waals surface area contributed by atoms with E-state index in [1.54, 1.807) is 0 Å². The lowest BCUT2D eigenvalue weighted by molar-refractivity contribution is -0.137. The molecule has 0 saturated heterocycles. The van der Waals surface area contributed by atoms with Crippen molar-refractivity contribution in [3.8, 4) is 61.8 Å². The molecule has 0 aliphatic carbocycles. The molecule has 10 rings (SSSR count). The van der Waals surface area contributed by atoms with Crippen molar-refractivity contribution >= 4 is 32.3 Å². The van der Waals surface area contributed by atoms with E-state index >= 15 is 0 Å². The molecule has 0 amide bonds. The molecule has 5 heteroatoms. The molecular formula is C52H33F3N2. The van der Waals surface area contributed by atoms with E-state index < -0.39 is 11.7 Å². The highest BCUT2D eigenvalue weighted by Gasteiger charge is 2.31. The van der Waals surface area contributed by atoms with Crippen LogP contribution in [0.4, 0.5) is 13.2 Å². The topological polar surface area (TPSA) is 17.8 Å². The van der Waals surface area contributed by atoms with E-state index in [9.17, 15) is 13.2 Å². The van der Waals surface area contributed by atoms with E-state index in [-0.39, 0.29) is 0 Å². The van der Waals surface area contributed by atoms with Crippen molar-refractivity contribution in [1.82, 2.24) is 9.55 Å². The van der Waals surface area contributed by atoms with E-state index in [0.29, 0.717) is 11.4 Å². The van der Waals surface area contributed by atoms with Crippen LogP contribution in [-0.2, 0) is 6.18 Å². The van der Waals surface area contributed by atoms with Crippen molar-refractivity contribution in [2.24, 2.45) is 0 Å². The number of rotatable bonds is 6. The Balaban J connectivity index is 1.19. The summed E-state index contributed by atoms with van der Waals surface area (Å²) in [7, 11) is 0. The first-order valence-electron chi connectivity index (χ1n) is 18.9. The van der Waals surface area contributed by atoms with Crippen LogP contribution in [-0.4, -0.2) is 9.55 Å². The summed E-state index contributed by atoms with van der Waals surface area (Å²) < 4.78 is 43.2. The monoisotopic (exact) mass is 742 g/mol. The molecule has 0 aliphatic heterocycles. The Morgan fingerprint density at radius 2 is 0.860 bits per heavy atom. The molecule has 1 aromatic heterocycles. The number of hydrogen-bond donors (Lipinski definition) is 0. The van der Waals surface area contributed by atoms with Crippen molar-refractivity contribution in [2.45, 2.75) is 6.18 Å². The molecule has 0 radical (unpaired) electrons. The van der Waals surface area contributed by atoms with Crippen LogP contribution in [0.1, 0.15) is 5.56 Å². The molecule has 0 aliphatic rings. The lowest BCUT2D eigenvalue weighted by Crippen LogP contribution is -2.05. The predicted molar refractivity (Wildman–Crippen MR) is 228 cm³/mol. The summed E-state index contributed by atoms with van der Waals surface area (Å²) in [4.78, 5) is 5.20. The molecular weight excluding hydrogens is 710 g/mol. The van der Waals surface area contributed by atoms with Crippen molar-refractivity contribution in [3.05, 3.63) is 206 Å². The van der Waals surface area contributed by atoms with Crippen LogP contribution >= 0.6 is 0 Å². The van der Waals surface area contributed by atoms with Gasteiger partial charge in [0.05, 0.1) is 17.0 Å². The highest BCUT2D eigenvalue weighted by atomic mass is 19.4. The zero-order chi connectivity index (χ0) is 38.5. The van der Waals surface area contributed by atoms with E-state index in [2.05, 4.69) is 120 Å². The summed E-state index contributed by atoms with van der Waals surface area (Å²) in [5.41, 5.74) is 8.70. The van der Waals surface area contributed by atoms with Gasteiger partial charge < -0.3 is 0 Å². The largest absolute Gasteiger partial charge is 0.416 e. The molecule has 272 valence electrons. The van der Waals surface area contributed by atoms with E-state index in [1.807, 2.05) is 60.7 Å². The Labute approximate surface area is 327 Å². The fourth-order valence-electron chi connectivity index (χ4n) is 8.21. The van der Waals surface area contributed by atoms with Crippen molar-refractivity contribution in [2.75, 3.05) is 0 Å². The molecule has 0 spiro atoms. The average molecular weight is 743 g/mol. The third kappa shape index (κ3) is 6.05. The van der Waals surface area contributed by atoms with E-state index in [0.717, 1.165) is 62.2 Å². The standard InChI is InChI=1S/C52H33F3N2/c53-52(54,55)41-29-25-38(26-30-41)51-56-49(36-14-3-1-4-15-36)50(37-16-5-2-6-17-37)57(51)42-31-27-35(28-32-42)47-43-19-9-11-21-45(43)48(46-22-12-10-20-44(46)47)40-24-23-34-13-7-8-18-39(34)33-40/h1-33H. The number of nitrogens with zero attached hydrogens (tertiary/aromatic N) is 2. The molecule has 0 fully saturated rings. The lowest BCUT2D eigenvalue weighted by Gasteiger charge is -2.19. The number of fused-ring (bicyclic) bond motifs is 3. The Kier molecular flexibility index (Phi) is 8.30. The van der Waals surface area contributed by atoms with Gasteiger partial charge in [0, 0.05) is 22.4 Å². The zero-order valence-corrected chi connectivity index (χ0v) is 30.6. The van der Waals surface area contributed by atoms with Crippen LogP contribution in [0.3, 0.4) is 0 Å². The van der Waals surface area contributed by atoms with Crippen LogP contribution in [0, 0.1) is 0 Å². The minimum atomic E-state index is -4.45. The number of benzene rings is 9. The van der Waals surface area contributed by atoms with Gasteiger partial charge in [-0.15, -0.1) is 0 Å². The zero-order valence-electron chi connectivity index (χ0n) is 30.6. The second-order valence-corrected chi connectivity index (χ2v) is 14.2. The second-order valence-electron chi connectivity index (χ2n) is 14.2. The fraction of sp³-hybridized carbons (Fsp3) is 0.0192. The van der Waals surface area contributed by atoms with Gasteiger partial charge in [-0.25, -0.2) is 4.98 Å². The minimum absolute atomic E-state index is 0.546. The van der Waals surface area contributed by atoms with Gasteiger partial charge in [-0.3, -0.25) is 4.57 Å². The Morgan fingerprint density at radius 1 is 0.386 bits per heavy atom. The maximum atomic E-state index is 13.7. The van der Waals surface area contributed by atoms with E-state index in [1.165, 1.54) is 44.8 Å². The highest BCUT2D eigenvalue weighted by molar-refractivity contribution is 6.21. The first-order valence-corrected chi connectivity index (χ1v) is 18.9. The number of halogens is 3. The first kappa shape index (κ1) is 34.3. The Bertz CT molecular complexity index is 3020. The number of hydrogen-bond acceptors (Lipinski definition) is 1. The summed E-state index contributed by atoms with van der Waals surface area (Å²) >= 11 is 0. The predicted octanol–water partition coefficient (Wildman–Crippen LogP) is 14.7. The van der Waals surface area contributed by atoms with E-state index in [4.69, 9.17) is 4.98 Å². The van der Waals surface area contributed by atoms with Crippen molar-refractivity contribution < 1.29 is 13.2 Å². The summed E-state index contributed by atoms with van der Waals surface area (Å²) in [6, 6.07) is 66.1. The quantitative estimate of drug-likeness (QED) is 0.155. The molecule has 0 saturated carbocycles. The normalized spacial score (nSPS) is 11.8. The van der Waals surface area contributed by atoms with Gasteiger partial charge >= 0.3 is 6.18 Å². The summed E-state index contributed by atoms with van der Waals surface area (Å²) in [5.74, 6) is 0.546. The molecule has 1 heterocycles. The summed E-state index contributed by atoms with van der Waals surface area (Å²) in [6.45, 7) is 0. The molecule has 57 heavy (non-hydrogen) atoms. The summed E-state index contributed by atoms with van der Waals surface area (Å²) in [5, 5.41) is 7.04. The molecule has 0 N–H and O–H groups in total. The Hall–Kier alpha value is -7.24. The summed E-state index contributed by atoms with van der Waals surface area (Å²) in [6.07, 6.45) is -4.45. The minimum Gasteiger partial charge on any atom is -0.292 e. The first-order chi connectivity index (χ1) is 27.9.